The number of carbonyl (C=O) groups excluding carboxylic acids is 1. The second-order valence-corrected chi connectivity index (χ2v) is 6.75. The van der Waals surface area contributed by atoms with Crippen LogP contribution in [0, 0.1) is 0 Å². The molecule has 0 radical (unpaired) electrons. The van der Waals surface area contributed by atoms with Crippen molar-refractivity contribution in [1.82, 2.24) is 14.8 Å². The predicted molar refractivity (Wildman–Crippen MR) is 85.8 cm³/mol. The number of amides is 1. The van der Waals surface area contributed by atoms with Gasteiger partial charge in [-0.05, 0) is 45.0 Å². The first kappa shape index (κ1) is 18.3. The maximum absolute atomic E-state index is 12.5. The molecule has 5 nitrogen and oxygen atoms in total. The minimum Gasteiger partial charge on any atom is -0.325 e. The fraction of sp³-hybridized carbons (Fsp3) is 0.400. The number of thioether (sulfide) groups is 1. The fourth-order valence-electron chi connectivity index (χ4n) is 1.87. The molecule has 0 saturated carbocycles. The van der Waals surface area contributed by atoms with Gasteiger partial charge in [0, 0.05) is 11.7 Å². The minimum absolute atomic E-state index is 0.160. The Labute approximate surface area is 141 Å². The Morgan fingerprint density at radius 3 is 2.38 bits per heavy atom. The molecule has 0 aliphatic carbocycles. The molecular weight excluding hydrogens is 341 g/mol. The third-order valence-electron chi connectivity index (χ3n) is 3.23. The Morgan fingerprint density at radius 1 is 1.21 bits per heavy atom. The predicted octanol–water partition coefficient (Wildman–Crippen LogP) is 4.00. The van der Waals surface area contributed by atoms with E-state index in [9.17, 15) is 18.0 Å². The maximum Gasteiger partial charge on any atom is 0.416 e. The molecule has 0 spiro atoms. The Hall–Kier alpha value is -2.03. The molecule has 0 saturated heterocycles. The van der Waals surface area contributed by atoms with Gasteiger partial charge in [-0.1, -0.05) is 11.8 Å². The van der Waals surface area contributed by atoms with E-state index in [0.717, 1.165) is 12.1 Å². The van der Waals surface area contributed by atoms with Gasteiger partial charge in [-0.15, -0.1) is 10.2 Å². The standard InChI is InChI=1S/C15H17F3N4OS/c1-9(2)22-8-19-21-14(22)24-10(3)13(23)20-12-6-4-11(5-7-12)15(16,17)18/h4-10H,1-3H3,(H,20,23). The van der Waals surface area contributed by atoms with Crippen LogP contribution in [0.25, 0.3) is 0 Å². The second-order valence-electron chi connectivity index (χ2n) is 5.44. The van der Waals surface area contributed by atoms with Gasteiger partial charge in [0.25, 0.3) is 0 Å². The van der Waals surface area contributed by atoms with Crippen molar-refractivity contribution in [3.8, 4) is 0 Å². The van der Waals surface area contributed by atoms with E-state index in [0.29, 0.717) is 10.8 Å². The number of benzene rings is 1. The average Bonchev–Trinajstić information content (AvgIpc) is 2.95. The van der Waals surface area contributed by atoms with Crippen LogP contribution >= 0.6 is 11.8 Å². The lowest BCUT2D eigenvalue weighted by molar-refractivity contribution is -0.137. The van der Waals surface area contributed by atoms with Crippen LogP contribution in [0.3, 0.4) is 0 Å². The van der Waals surface area contributed by atoms with Crippen LogP contribution in [0.15, 0.2) is 35.7 Å². The summed E-state index contributed by atoms with van der Waals surface area (Å²) < 4.78 is 39.4. The van der Waals surface area contributed by atoms with Crippen LogP contribution in [-0.4, -0.2) is 25.9 Å². The van der Waals surface area contributed by atoms with Crippen LogP contribution in [0.5, 0.6) is 0 Å². The van der Waals surface area contributed by atoms with Crippen molar-refractivity contribution < 1.29 is 18.0 Å². The monoisotopic (exact) mass is 358 g/mol. The number of carbonyl (C=O) groups is 1. The van der Waals surface area contributed by atoms with Crippen LogP contribution < -0.4 is 5.32 Å². The van der Waals surface area contributed by atoms with E-state index < -0.39 is 17.0 Å². The molecule has 24 heavy (non-hydrogen) atoms. The van der Waals surface area contributed by atoms with Gasteiger partial charge in [-0.2, -0.15) is 13.2 Å². The number of aromatic nitrogens is 3. The van der Waals surface area contributed by atoms with Crippen LogP contribution in [0.1, 0.15) is 32.4 Å². The molecule has 0 fully saturated rings. The molecule has 0 aliphatic rings. The molecular formula is C15H17F3N4OS. The fourth-order valence-corrected chi connectivity index (χ4v) is 2.82. The normalized spacial score (nSPS) is 13.1. The topological polar surface area (TPSA) is 59.8 Å². The van der Waals surface area contributed by atoms with E-state index in [1.807, 2.05) is 18.4 Å². The highest BCUT2D eigenvalue weighted by molar-refractivity contribution is 8.00. The molecule has 1 unspecified atom stereocenters. The van der Waals surface area contributed by atoms with Crippen LogP contribution in [-0.2, 0) is 11.0 Å². The van der Waals surface area contributed by atoms with Crippen molar-refractivity contribution in [3.63, 3.8) is 0 Å². The van der Waals surface area contributed by atoms with Gasteiger partial charge < -0.3 is 9.88 Å². The van der Waals surface area contributed by atoms with Crippen LogP contribution in [0.4, 0.5) is 18.9 Å². The Bertz CT molecular complexity index is 697. The van der Waals surface area contributed by atoms with Gasteiger partial charge in [-0.3, -0.25) is 4.79 Å². The van der Waals surface area contributed by atoms with Gasteiger partial charge in [0.15, 0.2) is 5.16 Å². The molecule has 1 aromatic carbocycles. The lowest BCUT2D eigenvalue weighted by Crippen LogP contribution is -2.23. The first-order chi connectivity index (χ1) is 11.2. The Balaban J connectivity index is 2.00. The van der Waals surface area contributed by atoms with E-state index >= 15 is 0 Å². The summed E-state index contributed by atoms with van der Waals surface area (Å²) in [5.74, 6) is -0.321. The van der Waals surface area contributed by atoms with E-state index in [1.54, 1.807) is 13.3 Å². The summed E-state index contributed by atoms with van der Waals surface area (Å²) in [6.07, 6.45) is -2.81. The molecule has 1 amide bonds. The van der Waals surface area contributed by atoms with E-state index in [1.165, 1.54) is 23.9 Å². The van der Waals surface area contributed by atoms with Crippen molar-refractivity contribution >= 4 is 23.4 Å². The highest BCUT2D eigenvalue weighted by Crippen LogP contribution is 2.30. The van der Waals surface area contributed by atoms with Gasteiger partial charge in [0.2, 0.25) is 5.91 Å². The van der Waals surface area contributed by atoms with Crippen molar-refractivity contribution in [3.05, 3.63) is 36.2 Å². The number of rotatable bonds is 5. The van der Waals surface area contributed by atoms with Crippen molar-refractivity contribution in [1.29, 1.82) is 0 Å². The summed E-state index contributed by atoms with van der Waals surface area (Å²) in [7, 11) is 0. The molecule has 130 valence electrons. The summed E-state index contributed by atoms with van der Waals surface area (Å²) in [5, 5.41) is 10.5. The molecule has 1 heterocycles. The molecule has 0 aliphatic heterocycles. The Morgan fingerprint density at radius 2 is 1.83 bits per heavy atom. The SMILES string of the molecule is CC(Sc1nncn1C(C)C)C(=O)Nc1ccc(C(F)(F)F)cc1. The van der Waals surface area contributed by atoms with E-state index in [-0.39, 0.29) is 11.9 Å². The molecule has 2 aromatic rings. The van der Waals surface area contributed by atoms with Crippen molar-refractivity contribution in [2.75, 3.05) is 5.32 Å². The average molecular weight is 358 g/mol. The first-order valence-corrected chi connectivity index (χ1v) is 8.10. The van der Waals surface area contributed by atoms with Gasteiger partial charge in [0.1, 0.15) is 6.33 Å². The van der Waals surface area contributed by atoms with Gasteiger partial charge in [0.05, 0.1) is 10.8 Å². The second kappa shape index (κ2) is 7.25. The first-order valence-electron chi connectivity index (χ1n) is 7.22. The number of nitrogens with zero attached hydrogens (tertiary/aromatic N) is 3. The highest BCUT2D eigenvalue weighted by Gasteiger charge is 2.30. The zero-order valence-corrected chi connectivity index (χ0v) is 14.1. The van der Waals surface area contributed by atoms with Gasteiger partial charge >= 0.3 is 6.18 Å². The van der Waals surface area contributed by atoms with Crippen LogP contribution in [0.2, 0.25) is 0 Å². The lowest BCUT2D eigenvalue weighted by Gasteiger charge is -2.14. The smallest absolute Gasteiger partial charge is 0.325 e. The van der Waals surface area contributed by atoms with Crippen molar-refractivity contribution in [2.24, 2.45) is 0 Å². The third-order valence-corrected chi connectivity index (χ3v) is 4.30. The molecule has 1 aromatic heterocycles. The summed E-state index contributed by atoms with van der Waals surface area (Å²) in [4.78, 5) is 12.2. The minimum atomic E-state index is -4.40. The number of hydrogen-bond donors (Lipinski definition) is 1. The lowest BCUT2D eigenvalue weighted by atomic mass is 10.2. The highest BCUT2D eigenvalue weighted by atomic mass is 32.2. The number of nitrogens with one attached hydrogen (secondary N) is 1. The summed E-state index contributed by atoms with van der Waals surface area (Å²) >= 11 is 1.24. The maximum atomic E-state index is 12.5. The number of halogens is 3. The molecule has 1 N–H and O–H groups in total. The molecule has 9 heteroatoms. The largest absolute Gasteiger partial charge is 0.416 e. The number of hydrogen-bond acceptors (Lipinski definition) is 4. The molecule has 0 bridgehead atoms. The summed E-state index contributed by atoms with van der Waals surface area (Å²) in [5.41, 5.74) is -0.446. The van der Waals surface area contributed by atoms with Crippen molar-refractivity contribution in [2.45, 2.75) is 43.4 Å². The van der Waals surface area contributed by atoms with Gasteiger partial charge in [-0.25, -0.2) is 0 Å². The zero-order valence-electron chi connectivity index (χ0n) is 13.3. The number of anilines is 1. The van der Waals surface area contributed by atoms with E-state index in [2.05, 4.69) is 15.5 Å². The molecule has 2 rings (SSSR count). The zero-order chi connectivity index (χ0) is 17.9. The third kappa shape index (κ3) is 4.50. The Kier molecular flexibility index (Phi) is 5.53. The quantitative estimate of drug-likeness (QED) is 0.821. The summed E-state index contributed by atoms with van der Waals surface area (Å²) in [6.45, 7) is 5.64. The van der Waals surface area contributed by atoms with E-state index in [4.69, 9.17) is 0 Å². The summed E-state index contributed by atoms with van der Waals surface area (Å²) in [6, 6.07) is 4.49. The molecule has 1 atom stereocenters. The number of alkyl halides is 3.